The highest BCUT2D eigenvalue weighted by atomic mass is 32.2. The molecule has 0 N–H and O–H groups in total. The summed E-state index contributed by atoms with van der Waals surface area (Å²) in [5.41, 5.74) is 0.713. The zero-order valence-corrected chi connectivity index (χ0v) is 14.8. The van der Waals surface area contributed by atoms with Crippen molar-refractivity contribution >= 4 is 26.7 Å². The molecule has 126 valence electrons. The minimum Gasteiger partial charge on any atom is -0.328 e. The fourth-order valence-corrected chi connectivity index (χ4v) is 6.75. The smallest absolute Gasteiger partial charge is 0.243 e. The van der Waals surface area contributed by atoms with E-state index in [9.17, 15) is 17.4 Å². The number of carbonyl (C=O) groups excluding carboxylic acids is 1. The Hall–Kier alpha value is -1.25. The fourth-order valence-electron chi connectivity index (χ4n) is 3.35. The van der Waals surface area contributed by atoms with E-state index in [1.54, 1.807) is 37.1 Å². The Morgan fingerprint density at radius 2 is 1.78 bits per heavy atom. The van der Waals surface area contributed by atoms with E-state index in [4.69, 9.17) is 0 Å². The van der Waals surface area contributed by atoms with Crippen LogP contribution in [0.5, 0.6) is 0 Å². The molecule has 1 spiro atoms. The van der Waals surface area contributed by atoms with E-state index >= 15 is 0 Å². The lowest BCUT2D eigenvalue weighted by Crippen LogP contribution is -2.54. The molecule has 1 aromatic carbocycles. The van der Waals surface area contributed by atoms with Gasteiger partial charge in [0.2, 0.25) is 15.9 Å². The van der Waals surface area contributed by atoms with Crippen LogP contribution in [0.1, 0.15) is 18.4 Å². The summed E-state index contributed by atoms with van der Waals surface area (Å²) in [5, 5.41) is 0. The van der Waals surface area contributed by atoms with Crippen LogP contribution in [0.4, 0.5) is 0 Å². The van der Waals surface area contributed by atoms with Crippen LogP contribution in [-0.4, -0.2) is 58.5 Å². The largest absolute Gasteiger partial charge is 0.328 e. The van der Waals surface area contributed by atoms with Gasteiger partial charge in [-0.2, -0.15) is 4.31 Å². The first-order chi connectivity index (χ1) is 10.8. The fraction of sp³-hybridized carbons (Fsp3) is 0.533. The SMILES string of the molecule is Cc1ccccc1S(=O)(=O)N1CCC2(CC1)N(C)C(=O)CS2=O. The minimum atomic E-state index is -3.56. The molecule has 2 aliphatic rings. The number of hydrogen-bond donors (Lipinski definition) is 0. The number of sulfonamides is 1. The number of nitrogens with zero attached hydrogens (tertiary/aromatic N) is 2. The Morgan fingerprint density at radius 1 is 1.17 bits per heavy atom. The van der Waals surface area contributed by atoms with Crippen LogP contribution in [0.3, 0.4) is 0 Å². The van der Waals surface area contributed by atoms with Gasteiger partial charge in [-0.3, -0.25) is 9.00 Å². The van der Waals surface area contributed by atoms with Crippen molar-refractivity contribution < 1.29 is 17.4 Å². The molecule has 1 atom stereocenters. The van der Waals surface area contributed by atoms with Crippen molar-refractivity contribution in [3.05, 3.63) is 29.8 Å². The van der Waals surface area contributed by atoms with Crippen molar-refractivity contribution in [3.8, 4) is 0 Å². The van der Waals surface area contributed by atoms with E-state index < -0.39 is 25.7 Å². The highest BCUT2D eigenvalue weighted by molar-refractivity contribution is 7.89. The Kier molecular flexibility index (Phi) is 4.10. The molecule has 0 aliphatic carbocycles. The second-order valence-electron chi connectivity index (χ2n) is 6.06. The van der Waals surface area contributed by atoms with Gasteiger partial charge in [-0.15, -0.1) is 0 Å². The van der Waals surface area contributed by atoms with Gasteiger partial charge < -0.3 is 4.90 Å². The Balaban J connectivity index is 1.84. The number of rotatable bonds is 2. The van der Waals surface area contributed by atoms with Crippen LogP contribution < -0.4 is 0 Å². The predicted molar refractivity (Wildman–Crippen MR) is 87.7 cm³/mol. The van der Waals surface area contributed by atoms with Crippen molar-refractivity contribution in [2.45, 2.75) is 29.5 Å². The standard InChI is InChI=1S/C15H20N2O4S2/c1-12-5-3-4-6-13(12)23(20,21)17-9-7-15(8-10-17)16(2)14(18)11-22(15)19/h3-6H,7-11H2,1-2H3. The molecule has 2 heterocycles. The maximum Gasteiger partial charge on any atom is 0.243 e. The molecule has 2 fully saturated rings. The maximum atomic E-state index is 12.8. The Morgan fingerprint density at radius 3 is 2.30 bits per heavy atom. The molecule has 2 aliphatic heterocycles. The molecule has 2 saturated heterocycles. The molecule has 6 nitrogen and oxygen atoms in total. The zero-order valence-electron chi connectivity index (χ0n) is 13.2. The summed E-state index contributed by atoms with van der Waals surface area (Å²) >= 11 is 0. The summed E-state index contributed by atoms with van der Waals surface area (Å²) in [5.74, 6) is -0.0836. The van der Waals surface area contributed by atoms with Crippen molar-refractivity contribution in [1.29, 1.82) is 0 Å². The number of benzene rings is 1. The molecule has 1 unspecified atom stereocenters. The molecule has 0 radical (unpaired) electrons. The molecule has 0 aromatic heterocycles. The summed E-state index contributed by atoms with van der Waals surface area (Å²) in [6.07, 6.45) is 0.819. The number of piperidine rings is 1. The van der Waals surface area contributed by atoms with Gasteiger partial charge in [0.25, 0.3) is 0 Å². The second-order valence-corrected chi connectivity index (χ2v) is 9.70. The van der Waals surface area contributed by atoms with Crippen LogP contribution in [-0.2, 0) is 25.6 Å². The summed E-state index contributed by atoms with van der Waals surface area (Å²) < 4.78 is 39.4. The normalized spacial score (nSPS) is 25.2. The predicted octanol–water partition coefficient (Wildman–Crippen LogP) is 0.697. The lowest BCUT2D eigenvalue weighted by atomic mass is 10.0. The number of aryl methyl sites for hydroxylation is 1. The van der Waals surface area contributed by atoms with E-state index in [1.165, 1.54) is 4.31 Å². The van der Waals surface area contributed by atoms with E-state index in [1.807, 2.05) is 6.07 Å². The van der Waals surface area contributed by atoms with Crippen molar-refractivity contribution in [1.82, 2.24) is 9.21 Å². The summed E-state index contributed by atoms with van der Waals surface area (Å²) in [4.78, 5) is 13.0. The lowest BCUT2D eigenvalue weighted by Gasteiger charge is -2.41. The molecule has 0 saturated carbocycles. The van der Waals surface area contributed by atoms with E-state index in [0.29, 0.717) is 23.3 Å². The Bertz CT molecular complexity index is 767. The minimum absolute atomic E-state index is 0.0427. The Labute approximate surface area is 139 Å². The molecule has 8 heteroatoms. The van der Waals surface area contributed by atoms with Gasteiger partial charge in [0, 0.05) is 20.1 Å². The van der Waals surface area contributed by atoms with E-state index in [2.05, 4.69) is 0 Å². The van der Waals surface area contributed by atoms with E-state index in [0.717, 1.165) is 0 Å². The molecular formula is C15H20N2O4S2. The first kappa shape index (κ1) is 16.6. The van der Waals surface area contributed by atoms with Gasteiger partial charge in [0.05, 0.1) is 15.7 Å². The van der Waals surface area contributed by atoms with Gasteiger partial charge in [0.1, 0.15) is 10.6 Å². The zero-order chi connectivity index (χ0) is 16.8. The summed E-state index contributed by atoms with van der Waals surface area (Å²) in [6.45, 7) is 2.33. The van der Waals surface area contributed by atoms with Crippen LogP contribution in [0.15, 0.2) is 29.2 Å². The summed E-state index contributed by atoms with van der Waals surface area (Å²) in [6, 6.07) is 6.90. The van der Waals surface area contributed by atoms with Crippen LogP contribution in [0.25, 0.3) is 0 Å². The van der Waals surface area contributed by atoms with Crippen molar-refractivity contribution in [2.24, 2.45) is 0 Å². The van der Waals surface area contributed by atoms with Crippen molar-refractivity contribution in [2.75, 3.05) is 25.9 Å². The highest BCUT2D eigenvalue weighted by Crippen LogP contribution is 2.37. The van der Waals surface area contributed by atoms with Crippen LogP contribution in [0, 0.1) is 6.92 Å². The van der Waals surface area contributed by atoms with Gasteiger partial charge >= 0.3 is 0 Å². The van der Waals surface area contributed by atoms with E-state index in [-0.39, 0.29) is 24.7 Å². The third kappa shape index (κ3) is 2.53. The van der Waals surface area contributed by atoms with Crippen LogP contribution in [0.2, 0.25) is 0 Å². The van der Waals surface area contributed by atoms with Gasteiger partial charge in [-0.25, -0.2) is 8.42 Å². The molecule has 0 bridgehead atoms. The average Bonchev–Trinajstić information content (AvgIpc) is 2.72. The average molecular weight is 356 g/mol. The first-order valence-electron chi connectivity index (χ1n) is 7.50. The topological polar surface area (TPSA) is 74.8 Å². The molecule has 1 aromatic rings. The number of hydrogen-bond acceptors (Lipinski definition) is 4. The van der Waals surface area contributed by atoms with Crippen LogP contribution >= 0.6 is 0 Å². The van der Waals surface area contributed by atoms with Gasteiger partial charge in [-0.05, 0) is 31.4 Å². The molecule has 1 amide bonds. The molecule has 23 heavy (non-hydrogen) atoms. The molecular weight excluding hydrogens is 336 g/mol. The highest BCUT2D eigenvalue weighted by Gasteiger charge is 2.52. The number of carbonyl (C=O) groups is 1. The second kappa shape index (κ2) is 5.68. The first-order valence-corrected chi connectivity index (χ1v) is 10.3. The third-order valence-electron chi connectivity index (χ3n) is 4.88. The quantitative estimate of drug-likeness (QED) is 0.782. The summed E-state index contributed by atoms with van der Waals surface area (Å²) in [7, 11) is -3.15. The monoisotopic (exact) mass is 356 g/mol. The van der Waals surface area contributed by atoms with Gasteiger partial charge in [-0.1, -0.05) is 18.2 Å². The maximum absolute atomic E-state index is 12.8. The van der Waals surface area contributed by atoms with Crippen molar-refractivity contribution in [3.63, 3.8) is 0 Å². The number of amides is 1. The lowest BCUT2D eigenvalue weighted by molar-refractivity contribution is -0.129. The third-order valence-corrected chi connectivity index (χ3v) is 8.98. The molecule has 3 rings (SSSR count). The van der Waals surface area contributed by atoms with Gasteiger partial charge in [0.15, 0.2) is 0 Å².